The second-order valence-corrected chi connectivity index (χ2v) is 18.0. The predicted octanol–water partition coefficient (Wildman–Crippen LogP) is 7.36. The zero-order valence-electron chi connectivity index (χ0n) is 40.1. The number of rotatable bonds is 9. The molecular formula is C52H55F4N13O3. The quantitative estimate of drug-likeness (QED) is 0.124. The summed E-state index contributed by atoms with van der Waals surface area (Å²) in [4.78, 5) is 45.5. The molecule has 1 amide bonds. The number of piperazine rings is 2. The van der Waals surface area contributed by atoms with E-state index < -0.39 is 23.3 Å². The summed E-state index contributed by atoms with van der Waals surface area (Å²) >= 11 is 0. The number of halogens is 4. The molecule has 0 unspecified atom stereocenters. The maximum absolute atomic E-state index is 15.2. The number of nitrogens with zero attached hydrogens (tertiary/aromatic N) is 10. The Morgan fingerprint density at radius 2 is 1.06 bits per heavy atom. The van der Waals surface area contributed by atoms with Crippen molar-refractivity contribution in [2.45, 2.75) is 13.8 Å². The summed E-state index contributed by atoms with van der Waals surface area (Å²) in [5.41, 5.74) is 7.02. The fraction of sp³-hybridized carbons (Fsp3) is 0.346. The molecule has 9 heterocycles. The minimum absolute atomic E-state index is 0.0740. The van der Waals surface area contributed by atoms with Crippen LogP contribution >= 0.6 is 0 Å². The molecule has 0 radical (unpaired) electrons. The smallest absolute Gasteiger partial charge is 0.255 e. The topological polar surface area (TPSA) is 152 Å². The van der Waals surface area contributed by atoms with E-state index in [1.54, 1.807) is 48.0 Å². The molecule has 374 valence electrons. The molecule has 5 aromatic heterocycles. The van der Waals surface area contributed by atoms with Gasteiger partial charge in [0.1, 0.15) is 34.9 Å². The van der Waals surface area contributed by atoms with Gasteiger partial charge in [0.25, 0.3) is 5.91 Å². The average Bonchev–Trinajstić information content (AvgIpc) is 3.41. The highest BCUT2D eigenvalue weighted by atomic mass is 19.1. The van der Waals surface area contributed by atoms with Crippen molar-refractivity contribution in [2.24, 2.45) is 0 Å². The summed E-state index contributed by atoms with van der Waals surface area (Å²) in [6, 6.07) is 11.8. The number of nitrogens with one attached hydrogen (secondary N) is 3. The van der Waals surface area contributed by atoms with E-state index >= 15 is 4.39 Å². The molecule has 4 aliphatic rings. The summed E-state index contributed by atoms with van der Waals surface area (Å²) in [6.07, 6.45) is 10.2. The zero-order valence-corrected chi connectivity index (χ0v) is 40.1. The lowest BCUT2D eigenvalue weighted by atomic mass is 10.1. The Kier molecular flexibility index (Phi) is 14.4. The number of ether oxygens (including phenoxy) is 2. The van der Waals surface area contributed by atoms with Gasteiger partial charge in [-0.15, -0.1) is 0 Å². The van der Waals surface area contributed by atoms with Crippen LogP contribution in [0, 0.1) is 37.1 Å². The third-order valence-corrected chi connectivity index (χ3v) is 13.4. The van der Waals surface area contributed by atoms with Gasteiger partial charge in [0, 0.05) is 126 Å². The van der Waals surface area contributed by atoms with E-state index in [4.69, 9.17) is 14.5 Å². The molecule has 7 aromatic rings. The van der Waals surface area contributed by atoms with Gasteiger partial charge in [-0.2, -0.15) is 0 Å². The van der Waals surface area contributed by atoms with Crippen molar-refractivity contribution in [1.29, 1.82) is 0 Å². The molecule has 0 saturated carbocycles. The van der Waals surface area contributed by atoms with Crippen molar-refractivity contribution >= 4 is 73.5 Å². The Labute approximate surface area is 414 Å². The first-order valence-electron chi connectivity index (χ1n) is 24.2. The standard InChI is InChI=1S/C29H29F2N7O2.C23H26F2N6O/c1-19-27(34-22-15-23(18-33-17-22)36-9-11-40-12-10-36)26-24(31)13-21(30)14-25(26)35-28(19)37-5-7-38(8-6-37)29(39)20-3-2-4-32-16-20;1-15-22(28-17-12-18(14-27-13-17)30-6-8-32-9-7-30)21-19(25)10-16(24)11-20(21)29-23(15)31-4-2-26-3-5-31/h2-4,13-18H,5-12H2,1H3,(H,34,35);10-14,26H,2-9H2,1H3,(H,28,29). The van der Waals surface area contributed by atoms with Crippen LogP contribution in [-0.2, 0) is 9.47 Å². The number of benzene rings is 2. The van der Waals surface area contributed by atoms with Crippen molar-refractivity contribution in [3.8, 4) is 0 Å². The lowest BCUT2D eigenvalue weighted by molar-refractivity contribution is 0.0746. The van der Waals surface area contributed by atoms with Crippen molar-refractivity contribution in [2.75, 3.05) is 135 Å². The van der Waals surface area contributed by atoms with E-state index in [0.29, 0.717) is 86.6 Å². The number of aromatic nitrogens is 5. The van der Waals surface area contributed by atoms with Gasteiger partial charge in [-0.1, -0.05) is 0 Å². The summed E-state index contributed by atoms with van der Waals surface area (Å²) in [7, 11) is 0. The van der Waals surface area contributed by atoms with Crippen LogP contribution in [0.5, 0.6) is 0 Å². The Morgan fingerprint density at radius 3 is 1.53 bits per heavy atom. The van der Waals surface area contributed by atoms with Crippen LogP contribution in [0.2, 0.25) is 0 Å². The molecule has 4 saturated heterocycles. The highest BCUT2D eigenvalue weighted by Gasteiger charge is 2.27. The van der Waals surface area contributed by atoms with Gasteiger partial charge in [0.2, 0.25) is 0 Å². The second kappa shape index (κ2) is 21.5. The number of fused-ring (bicyclic) bond motifs is 2. The Balaban J connectivity index is 0.000000170. The van der Waals surface area contributed by atoms with Crippen molar-refractivity contribution < 1.29 is 31.8 Å². The number of anilines is 8. The Bertz CT molecular complexity index is 3070. The summed E-state index contributed by atoms with van der Waals surface area (Å²) < 4.78 is 69.4. The first-order chi connectivity index (χ1) is 35.1. The highest BCUT2D eigenvalue weighted by molar-refractivity contribution is 5.99. The number of hydrogen-bond acceptors (Lipinski definition) is 15. The lowest BCUT2D eigenvalue weighted by Gasteiger charge is -2.36. The Morgan fingerprint density at radius 1 is 0.569 bits per heavy atom. The summed E-state index contributed by atoms with van der Waals surface area (Å²) in [5.74, 6) is -1.38. The van der Waals surface area contributed by atoms with E-state index in [1.807, 2.05) is 32.2 Å². The fourth-order valence-electron chi connectivity index (χ4n) is 9.65. The van der Waals surface area contributed by atoms with Gasteiger partial charge in [-0.3, -0.25) is 19.7 Å². The minimum atomic E-state index is -0.693. The molecule has 4 aliphatic heterocycles. The molecule has 3 N–H and O–H groups in total. The minimum Gasteiger partial charge on any atom is -0.378 e. The monoisotopic (exact) mass is 985 g/mol. The maximum atomic E-state index is 15.2. The zero-order chi connectivity index (χ0) is 49.7. The van der Waals surface area contributed by atoms with Gasteiger partial charge in [-0.25, -0.2) is 27.5 Å². The van der Waals surface area contributed by atoms with Crippen LogP contribution in [0.1, 0.15) is 21.5 Å². The molecule has 0 spiro atoms. The molecule has 20 heteroatoms. The van der Waals surface area contributed by atoms with Crippen LogP contribution in [0.3, 0.4) is 0 Å². The first kappa shape index (κ1) is 48.2. The van der Waals surface area contributed by atoms with E-state index in [9.17, 15) is 18.0 Å². The molecule has 0 aliphatic carbocycles. The number of pyridine rings is 5. The summed E-state index contributed by atoms with van der Waals surface area (Å²) in [6.45, 7) is 14.8. The second-order valence-electron chi connectivity index (χ2n) is 18.0. The van der Waals surface area contributed by atoms with Gasteiger partial charge in [-0.05, 0) is 38.1 Å². The van der Waals surface area contributed by atoms with Crippen LogP contribution in [0.4, 0.5) is 63.3 Å². The lowest BCUT2D eigenvalue weighted by Crippen LogP contribution is -2.49. The van der Waals surface area contributed by atoms with Crippen LogP contribution in [0.15, 0.2) is 85.7 Å². The number of carbonyl (C=O) groups excluding carboxylic acids is 1. The van der Waals surface area contributed by atoms with E-state index in [1.165, 1.54) is 12.1 Å². The molecule has 4 fully saturated rings. The van der Waals surface area contributed by atoms with Gasteiger partial charge in [0.15, 0.2) is 0 Å². The van der Waals surface area contributed by atoms with Crippen LogP contribution in [0.25, 0.3) is 21.8 Å². The van der Waals surface area contributed by atoms with Crippen LogP contribution < -0.4 is 35.6 Å². The number of morpholine rings is 2. The third kappa shape index (κ3) is 10.5. The Hall–Kier alpha value is -7.42. The van der Waals surface area contributed by atoms with Crippen molar-refractivity contribution in [3.63, 3.8) is 0 Å². The summed E-state index contributed by atoms with van der Waals surface area (Å²) in [5, 5.41) is 10.5. The predicted molar refractivity (Wildman–Crippen MR) is 271 cm³/mol. The van der Waals surface area contributed by atoms with Gasteiger partial charge in [0.05, 0.1) is 113 Å². The number of carbonyl (C=O) groups is 1. The average molecular weight is 986 g/mol. The highest BCUT2D eigenvalue weighted by Crippen LogP contribution is 2.39. The third-order valence-electron chi connectivity index (χ3n) is 13.4. The van der Waals surface area contributed by atoms with E-state index in [2.05, 4.69) is 55.5 Å². The SMILES string of the molecule is Cc1c(N2CCN(C(=O)c3cccnc3)CC2)nc2cc(F)cc(F)c2c1Nc1cncc(N2CCOCC2)c1.Cc1c(N2CCNCC2)nc2cc(F)cc(F)c2c1Nc1cncc(N2CCOCC2)c1. The molecule has 16 nitrogen and oxygen atoms in total. The molecule has 0 bridgehead atoms. The number of amides is 1. The van der Waals surface area contributed by atoms with Crippen molar-refractivity contribution in [3.05, 3.63) is 126 Å². The normalized spacial score (nSPS) is 16.4. The molecule has 72 heavy (non-hydrogen) atoms. The van der Waals surface area contributed by atoms with E-state index in [0.717, 1.165) is 98.5 Å². The fourth-order valence-corrected chi connectivity index (χ4v) is 9.65. The molecular weight excluding hydrogens is 931 g/mol. The molecule has 0 atom stereocenters. The maximum Gasteiger partial charge on any atom is 0.255 e. The first-order valence-corrected chi connectivity index (χ1v) is 24.2. The molecule has 11 rings (SSSR count). The number of hydrogen-bond donors (Lipinski definition) is 3. The van der Waals surface area contributed by atoms with Crippen molar-refractivity contribution in [1.82, 2.24) is 35.1 Å². The molecule has 2 aromatic carbocycles. The van der Waals surface area contributed by atoms with Gasteiger partial charge < -0.3 is 49.9 Å². The van der Waals surface area contributed by atoms with E-state index in [-0.39, 0.29) is 22.2 Å². The largest absolute Gasteiger partial charge is 0.378 e. The van der Waals surface area contributed by atoms with Crippen LogP contribution in [-0.4, -0.2) is 141 Å². The van der Waals surface area contributed by atoms with Gasteiger partial charge >= 0.3 is 0 Å².